The van der Waals surface area contributed by atoms with Gasteiger partial charge in [-0.2, -0.15) is 5.10 Å². The highest BCUT2D eigenvalue weighted by molar-refractivity contribution is 7.90. The minimum absolute atomic E-state index is 0.0235. The van der Waals surface area contributed by atoms with Gasteiger partial charge in [-0.25, -0.2) is 17.5 Å². The monoisotopic (exact) mass is 473 g/mol. The summed E-state index contributed by atoms with van der Waals surface area (Å²) in [5, 5.41) is 4.38. The molecule has 0 atom stereocenters. The summed E-state index contributed by atoms with van der Waals surface area (Å²) in [6.07, 6.45) is 3.26. The molecule has 0 unspecified atom stereocenters. The van der Waals surface area contributed by atoms with Crippen LogP contribution in [-0.4, -0.2) is 55.5 Å². The second-order valence-corrected chi connectivity index (χ2v) is 10.2. The summed E-state index contributed by atoms with van der Waals surface area (Å²) in [6.45, 7) is 4.74. The molecule has 33 heavy (non-hydrogen) atoms. The molecule has 0 bridgehead atoms. The van der Waals surface area contributed by atoms with Gasteiger partial charge < -0.3 is 9.64 Å². The lowest BCUT2D eigenvalue weighted by atomic mass is 10.0. The van der Waals surface area contributed by atoms with Crippen LogP contribution in [0, 0.1) is 5.82 Å². The molecule has 0 saturated carbocycles. The smallest absolute Gasteiger partial charge is 0.257 e. The van der Waals surface area contributed by atoms with E-state index in [9.17, 15) is 17.6 Å². The molecule has 2 aromatic carbocycles. The third-order valence-corrected chi connectivity index (χ3v) is 6.25. The predicted molar refractivity (Wildman–Crippen MR) is 124 cm³/mol. The lowest BCUT2D eigenvalue weighted by Crippen LogP contribution is -2.29. The highest BCUT2D eigenvalue weighted by Crippen LogP contribution is 2.24. The lowest BCUT2D eigenvalue weighted by Gasteiger charge is -2.19. The molecule has 3 rings (SSSR count). The van der Waals surface area contributed by atoms with Gasteiger partial charge in [0.15, 0.2) is 9.84 Å². The molecule has 1 heterocycles. The van der Waals surface area contributed by atoms with Crippen molar-refractivity contribution in [3.63, 3.8) is 0 Å². The van der Waals surface area contributed by atoms with Crippen molar-refractivity contribution in [2.45, 2.75) is 31.1 Å². The maximum atomic E-state index is 13.3. The fourth-order valence-corrected chi connectivity index (χ4v) is 4.12. The minimum atomic E-state index is -3.30. The van der Waals surface area contributed by atoms with Gasteiger partial charge in [0.25, 0.3) is 5.91 Å². The molecule has 0 saturated heterocycles. The van der Waals surface area contributed by atoms with Crippen molar-refractivity contribution in [2.75, 3.05) is 26.5 Å². The van der Waals surface area contributed by atoms with Crippen molar-refractivity contribution in [1.82, 2.24) is 14.7 Å². The Balaban J connectivity index is 1.64. The fourth-order valence-electron chi connectivity index (χ4n) is 3.46. The van der Waals surface area contributed by atoms with Crippen molar-refractivity contribution in [3.8, 4) is 11.4 Å². The van der Waals surface area contributed by atoms with Crippen molar-refractivity contribution in [3.05, 3.63) is 71.8 Å². The van der Waals surface area contributed by atoms with Crippen LogP contribution >= 0.6 is 0 Å². The van der Waals surface area contributed by atoms with Crippen LogP contribution in [0.25, 0.3) is 5.69 Å². The van der Waals surface area contributed by atoms with Crippen LogP contribution in [0.3, 0.4) is 0 Å². The van der Waals surface area contributed by atoms with Crippen LogP contribution in [0.2, 0.25) is 0 Å². The van der Waals surface area contributed by atoms with Crippen LogP contribution < -0.4 is 4.74 Å². The van der Waals surface area contributed by atoms with Crippen LogP contribution in [0.15, 0.2) is 59.6 Å². The molecule has 176 valence electrons. The normalized spacial score (nSPS) is 11.6. The van der Waals surface area contributed by atoms with Crippen LogP contribution in [-0.2, 0) is 9.84 Å². The van der Waals surface area contributed by atoms with Gasteiger partial charge in [0.05, 0.1) is 34.6 Å². The van der Waals surface area contributed by atoms with Crippen molar-refractivity contribution in [2.24, 2.45) is 0 Å². The molecule has 0 N–H and O–H groups in total. The number of benzene rings is 2. The van der Waals surface area contributed by atoms with Crippen molar-refractivity contribution >= 4 is 15.7 Å². The van der Waals surface area contributed by atoms with Gasteiger partial charge in [0, 0.05) is 19.8 Å². The predicted octanol–water partition coefficient (Wildman–Crippen LogP) is 4.08. The van der Waals surface area contributed by atoms with E-state index < -0.39 is 9.84 Å². The SMILES string of the molecule is CC(C)c1c(C(=O)N(C)CCCOc2cccc(S(C)(=O)=O)c2)cnn1-c1ccc(F)cc1. The Hall–Kier alpha value is -3.20. The van der Waals surface area contributed by atoms with E-state index in [-0.39, 0.29) is 22.5 Å². The molecule has 3 aromatic rings. The number of aromatic nitrogens is 2. The molecule has 0 spiro atoms. The van der Waals surface area contributed by atoms with Gasteiger partial charge in [-0.05, 0) is 54.8 Å². The summed E-state index contributed by atoms with van der Waals surface area (Å²) in [5.74, 6) is -0.00522. The molecule has 0 fully saturated rings. The largest absolute Gasteiger partial charge is 0.493 e. The number of carbonyl (C=O) groups excluding carboxylic acids is 1. The summed E-state index contributed by atoms with van der Waals surface area (Å²) in [5.41, 5.74) is 1.94. The zero-order chi connectivity index (χ0) is 24.2. The maximum Gasteiger partial charge on any atom is 0.257 e. The molecule has 1 amide bonds. The van der Waals surface area contributed by atoms with Crippen molar-refractivity contribution in [1.29, 1.82) is 0 Å². The number of sulfone groups is 1. The number of hydrogen-bond donors (Lipinski definition) is 0. The molecule has 7 nitrogen and oxygen atoms in total. The number of hydrogen-bond acceptors (Lipinski definition) is 5. The van der Waals surface area contributed by atoms with Gasteiger partial charge in [-0.1, -0.05) is 19.9 Å². The van der Waals surface area contributed by atoms with Gasteiger partial charge >= 0.3 is 0 Å². The summed E-state index contributed by atoms with van der Waals surface area (Å²) < 4.78 is 44.0. The standard InChI is InChI=1S/C24H28FN3O4S/c1-17(2)23-22(16-26-28(23)19-11-9-18(25)10-12-19)24(29)27(3)13-6-14-32-20-7-5-8-21(15-20)33(4,30)31/h5,7-12,15-17H,6,13-14H2,1-4H3. The zero-order valence-corrected chi connectivity index (χ0v) is 20.0. The third-order valence-electron chi connectivity index (χ3n) is 5.14. The molecule has 9 heteroatoms. The van der Waals surface area contributed by atoms with Gasteiger partial charge in [0.1, 0.15) is 11.6 Å². The highest BCUT2D eigenvalue weighted by atomic mass is 32.2. The molecular formula is C24H28FN3O4S. The van der Waals surface area contributed by atoms with Crippen molar-refractivity contribution < 1.29 is 22.3 Å². The highest BCUT2D eigenvalue weighted by Gasteiger charge is 2.23. The van der Waals surface area contributed by atoms with Crippen LogP contribution in [0.5, 0.6) is 5.75 Å². The minimum Gasteiger partial charge on any atom is -0.493 e. The summed E-state index contributed by atoms with van der Waals surface area (Å²) in [7, 11) is -1.59. The van der Waals surface area contributed by atoms with E-state index in [1.807, 2.05) is 13.8 Å². The number of carbonyl (C=O) groups is 1. The van der Waals surface area contributed by atoms with Gasteiger partial charge in [0.2, 0.25) is 0 Å². The first kappa shape index (κ1) is 24.4. The molecule has 0 aliphatic carbocycles. The molecule has 0 aliphatic heterocycles. The Bertz CT molecular complexity index is 1220. The van der Waals surface area contributed by atoms with Gasteiger partial charge in [-0.15, -0.1) is 0 Å². The number of amides is 1. The summed E-state index contributed by atoms with van der Waals surface area (Å²) in [4.78, 5) is 14.9. The second kappa shape index (κ2) is 10.2. The third kappa shape index (κ3) is 5.98. The Morgan fingerprint density at radius 3 is 2.52 bits per heavy atom. The zero-order valence-electron chi connectivity index (χ0n) is 19.2. The Kier molecular flexibility index (Phi) is 7.53. The van der Waals surface area contributed by atoms with Crippen LogP contribution in [0.1, 0.15) is 42.2 Å². The number of ether oxygens (including phenoxy) is 1. The Morgan fingerprint density at radius 2 is 1.88 bits per heavy atom. The quantitative estimate of drug-likeness (QED) is 0.438. The molecule has 0 aliphatic rings. The summed E-state index contributed by atoms with van der Waals surface area (Å²) in [6, 6.07) is 12.3. The van der Waals surface area contributed by atoms with Crippen LogP contribution in [0.4, 0.5) is 4.39 Å². The maximum absolute atomic E-state index is 13.3. The second-order valence-electron chi connectivity index (χ2n) is 8.16. The molecular weight excluding hydrogens is 445 g/mol. The first-order valence-corrected chi connectivity index (χ1v) is 12.5. The van der Waals surface area contributed by atoms with E-state index in [1.165, 1.54) is 24.3 Å². The lowest BCUT2D eigenvalue weighted by molar-refractivity contribution is 0.0786. The number of nitrogens with zero attached hydrogens (tertiary/aromatic N) is 3. The first-order chi connectivity index (χ1) is 15.6. The van der Waals surface area contributed by atoms with E-state index in [1.54, 1.807) is 47.1 Å². The summed E-state index contributed by atoms with van der Waals surface area (Å²) >= 11 is 0. The number of halogens is 1. The average Bonchev–Trinajstić information content (AvgIpc) is 3.21. The van der Waals surface area contributed by atoms with Gasteiger partial charge in [-0.3, -0.25) is 4.79 Å². The number of rotatable bonds is 9. The first-order valence-electron chi connectivity index (χ1n) is 10.6. The Morgan fingerprint density at radius 1 is 1.18 bits per heavy atom. The Labute approximate surface area is 193 Å². The van der Waals surface area contributed by atoms with E-state index in [4.69, 9.17) is 4.74 Å². The molecule has 0 radical (unpaired) electrons. The average molecular weight is 474 g/mol. The van der Waals surface area contributed by atoms with E-state index in [0.29, 0.717) is 36.6 Å². The fraction of sp³-hybridized carbons (Fsp3) is 0.333. The van der Waals surface area contributed by atoms with E-state index in [0.717, 1.165) is 11.9 Å². The van der Waals surface area contributed by atoms with E-state index in [2.05, 4.69) is 5.10 Å². The molecule has 1 aromatic heterocycles. The topological polar surface area (TPSA) is 81.5 Å². The van der Waals surface area contributed by atoms with E-state index >= 15 is 0 Å².